The molecule has 1 rings (SSSR count). The van der Waals surface area contributed by atoms with Crippen LogP contribution in [0.2, 0.25) is 0 Å². The van der Waals surface area contributed by atoms with Crippen LogP contribution in [0.5, 0.6) is 0 Å². The third kappa shape index (κ3) is 12.2. The summed E-state index contributed by atoms with van der Waals surface area (Å²) < 4.78 is 59.2. The number of likely N-dealkylation sites (N-methyl/N-ethyl adjacent to an activating group) is 2. The Kier molecular flexibility index (Phi) is 3.67. The molecule has 1 fully saturated rings. The number of hydrogen-bond acceptors (Lipinski definition) is 1. The normalized spacial score (nSPS) is 32.6. The fourth-order valence-electron chi connectivity index (χ4n) is 0.961. The van der Waals surface area contributed by atoms with Gasteiger partial charge < -0.3 is 4.90 Å². The molecule has 2 atom stereocenters. The first-order valence-electron chi connectivity index (χ1n) is 3.90. The van der Waals surface area contributed by atoms with Crippen molar-refractivity contribution in [1.29, 1.82) is 0 Å². The van der Waals surface area contributed by atoms with E-state index in [9.17, 15) is 25.2 Å². The molecule has 96 valence electrons. The monoisotopic (exact) mass is 280 g/mol. The Bertz CT molecular complexity index is 205. The minimum absolute atomic E-state index is 0.204. The molecular formula is C5H12ClF6N2P. The molecule has 0 aromatic rings. The topological polar surface area (TPSA) is 7.68 Å². The van der Waals surface area contributed by atoms with Crippen LogP contribution in [0.3, 0.4) is 0 Å². The molecule has 1 heterocycles. The first kappa shape index (κ1) is 15.2. The van der Waals surface area contributed by atoms with Crippen LogP contribution in [0.4, 0.5) is 25.2 Å². The Balaban J connectivity index is 0.000000265. The van der Waals surface area contributed by atoms with Gasteiger partial charge >= 0.3 is 33.0 Å². The van der Waals surface area contributed by atoms with E-state index in [1.165, 1.54) is 11.4 Å². The molecule has 2 nitrogen and oxygen atoms in total. The first-order valence-corrected chi connectivity index (χ1v) is 6.36. The molecule has 0 radical (unpaired) electrons. The van der Waals surface area contributed by atoms with Gasteiger partial charge in [0.1, 0.15) is 0 Å². The summed E-state index contributed by atoms with van der Waals surface area (Å²) in [5.74, 6) is 0. The van der Waals surface area contributed by atoms with Gasteiger partial charge in [0.05, 0.1) is 20.1 Å². The quantitative estimate of drug-likeness (QED) is 0.310. The number of hydrogen-bond donors (Lipinski definition) is 1. The number of halogens is 7. The summed E-state index contributed by atoms with van der Waals surface area (Å²) in [6.45, 7) is 2.30. The van der Waals surface area contributed by atoms with Crippen molar-refractivity contribution in [1.82, 2.24) is 4.90 Å². The number of rotatable bonds is 0. The van der Waals surface area contributed by atoms with E-state index in [0.29, 0.717) is 0 Å². The zero-order valence-corrected chi connectivity index (χ0v) is 9.68. The summed E-state index contributed by atoms with van der Waals surface area (Å²) in [5.41, 5.74) is 0.204. The second-order valence-electron chi connectivity index (χ2n) is 3.37. The summed E-state index contributed by atoms with van der Waals surface area (Å²) in [6, 6.07) is 0. The number of nitrogens with zero attached hydrogens (tertiary/aromatic N) is 1. The van der Waals surface area contributed by atoms with Gasteiger partial charge in [-0.2, -0.15) is 0 Å². The van der Waals surface area contributed by atoms with E-state index in [2.05, 4.69) is 11.9 Å². The van der Waals surface area contributed by atoms with E-state index < -0.39 is 7.81 Å². The maximum atomic E-state index is 9.87. The van der Waals surface area contributed by atoms with Gasteiger partial charge in [0.25, 0.3) is 0 Å². The van der Waals surface area contributed by atoms with E-state index in [1.54, 1.807) is 0 Å². The predicted octanol–water partition coefficient (Wildman–Crippen LogP) is 2.35. The SMILES string of the molecule is CN1CC[NH+](C)C1Cl.F[P-](F)(F)(F)(F)F. The van der Waals surface area contributed by atoms with Crippen molar-refractivity contribution < 1.29 is 30.1 Å². The van der Waals surface area contributed by atoms with Gasteiger partial charge in [-0.05, 0) is 18.6 Å². The summed E-state index contributed by atoms with van der Waals surface area (Å²) in [6.07, 6.45) is 0. The number of nitrogens with one attached hydrogen (secondary N) is 1. The van der Waals surface area contributed by atoms with Crippen molar-refractivity contribution in [3.05, 3.63) is 0 Å². The van der Waals surface area contributed by atoms with Crippen molar-refractivity contribution in [2.75, 3.05) is 27.2 Å². The van der Waals surface area contributed by atoms with Crippen LogP contribution < -0.4 is 4.90 Å². The maximum absolute atomic E-state index is 10.7. The van der Waals surface area contributed by atoms with E-state index in [0.717, 1.165) is 6.54 Å². The molecule has 1 aliphatic rings. The molecular weight excluding hydrogens is 268 g/mol. The molecule has 0 amide bonds. The molecule has 0 aromatic heterocycles. The van der Waals surface area contributed by atoms with Gasteiger partial charge in [-0.1, -0.05) is 0 Å². The van der Waals surface area contributed by atoms with Gasteiger partial charge in [-0.25, -0.2) is 4.90 Å². The Labute approximate surface area is 88.0 Å². The molecule has 1 N–H and O–H groups in total. The van der Waals surface area contributed by atoms with E-state index in [-0.39, 0.29) is 5.62 Å². The van der Waals surface area contributed by atoms with Gasteiger partial charge in [-0.15, -0.1) is 0 Å². The summed E-state index contributed by atoms with van der Waals surface area (Å²) in [4.78, 5) is 3.55. The van der Waals surface area contributed by atoms with E-state index >= 15 is 0 Å². The third-order valence-electron chi connectivity index (χ3n) is 1.65. The van der Waals surface area contributed by atoms with Gasteiger partial charge in [-0.3, -0.25) is 0 Å². The molecule has 15 heavy (non-hydrogen) atoms. The second-order valence-corrected chi connectivity index (χ2v) is 5.70. The zero-order valence-electron chi connectivity index (χ0n) is 8.03. The Hall–Kier alpha value is 0.220. The van der Waals surface area contributed by atoms with Gasteiger partial charge in [0.15, 0.2) is 0 Å². The number of quaternary nitrogens is 1. The fraction of sp³-hybridized carbons (Fsp3) is 1.00. The average molecular weight is 281 g/mol. The zero-order chi connectivity index (χ0) is 12.6. The summed E-state index contributed by atoms with van der Waals surface area (Å²) in [7, 11) is -6.50. The van der Waals surface area contributed by atoms with E-state index in [1.807, 2.05) is 7.05 Å². The van der Waals surface area contributed by atoms with E-state index in [4.69, 9.17) is 11.6 Å². The standard InChI is InChI=1S/C5H11ClN2.F6P/c1-7-3-4-8(2)5(7)6;1-7(2,3,4,5)6/h5H,3-4H2,1-2H3;/q;-1/p+1. The van der Waals surface area contributed by atoms with Crippen LogP contribution in [0.15, 0.2) is 0 Å². The predicted molar refractivity (Wildman–Crippen MR) is 47.6 cm³/mol. The van der Waals surface area contributed by atoms with Crippen molar-refractivity contribution in [3.8, 4) is 0 Å². The van der Waals surface area contributed by atoms with Crippen LogP contribution in [0, 0.1) is 0 Å². The molecule has 1 saturated heterocycles. The van der Waals surface area contributed by atoms with Crippen LogP contribution in [0.25, 0.3) is 0 Å². The third-order valence-corrected chi connectivity index (χ3v) is 2.36. The molecule has 2 unspecified atom stereocenters. The first-order chi connectivity index (χ1) is 6.16. The minimum atomic E-state index is -10.7. The van der Waals surface area contributed by atoms with Crippen LogP contribution in [-0.2, 0) is 0 Å². The van der Waals surface area contributed by atoms with Crippen molar-refractivity contribution in [3.63, 3.8) is 0 Å². The van der Waals surface area contributed by atoms with Crippen LogP contribution in [-0.4, -0.2) is 37.7 Å². The van der Waals surface area contributed by atoms with Crippen LogP contribution in [0.1, 0.15) is 0 Å². The molecule has 0 bridgehead atoms. The van der Waals surface area contributed by atoms with Crippen LogP contribution >= 0.6 is 19.4 Å². The summed E-state index contributed by atoms with van der Waals surface area (Å²) in [5, 5.41) is 0. The Morgan fingerprint density at radius 2 is 1.53 bits per heavy atom. The molecule has 0 spiro atoms. The van der Waals surface area contributed by atoms with Gasteiger partial charge in [0, 0.05) is 0 Å². The molecule has 0 aromatic carbocycles. The fourth-order valence-corrected chi connectivity index (χ4v) is 1.17. The van der Waals surface area contributed by atoms with Crippen molar-refractivity contribution in [2.45, 2.75) is 5.62 Å². The molecule has 0 aliphatic carbocycles. The second kappa shape index (κ2) is 3.61. The summed E-state index contributed by atoms with van der Waals surface area (Å²) >= 11 is 5.90. The Morgan fingerprint density at radius 3 is 1.60 bits per heavy atom. The molecule has 10 heteroatoms. The molecule has 0 saturated carbocycles. The van der Waals surface area contributed by atoms with Gasteiger partial charge in [0.2, 0.25) is 5.62 Å². The molecule has 1 aliphatic heterocycles. The van der Waals surface area contributed by atoms with Crippen molar-refractivity contribution in [2.24, 2.45) is 0 Å². The Morgan fingerprint density at radius 1 is 1.20 bits per heavy atom. The van der Waals surface area contributed by atoms with Crippen molar-refractivity contribution >= 4 is 19.4 Å². The number of alkyl halides is 1. The average Bonchev–Trinajstić information content (AvgIpc) is 2.13.